The molecule has 0 fully saturated rings. The average molecular weight is 2290 g/mol. The van der Waals surface area contributed by atoms with Crippen molar-refractivity contribution in [1.82, 2.24) is 79.7 Å². The second-order valence-corrected chi connectivity index (χ2v) is 18.5. The minimum atomic E-state index is -0.766. The van der Waals surface area contributed by atoms with Crippen molar-refractivity contribution in [3.05, 3.63) is 269 Å². The molecule has 0 bridgehead atoms. The first-order valence-corrected chi connectivity index (χ1v) is 26.2. The van der Waals surface area contributed by atoms with Crippen LogP contribution in [0.5, 0.6) is 0 Å². The first-order valence-electron chi connectivity index (χ1n) is 27.7. The minimum Gasteiger partial charge on any atom is -0.352 e. The van der Waals surface area contributed by atoms with E-state index in [-0.39, 0.29) is 139 Å². The Balaban J connectivity index is 0.000000161. The van der Waals surface area contributed by atoms with Crippen molar-refractivity contribution in [2.45, 2.75) is 0 Å². The molecule has 0 aliphatic rings. The van der Waals surface area contributed by atoms with Crippen LogP contribution < -0.4 is 0 Å². The molecule has 6 aromatic carbocycles. The largest absolute Gasteiger partial charge is 0.352 e. The van der Waals surface area contributed by atoms with Gasteiger partial charge in [0.25, 0.3) is 0 Å². The van der Waals surface area contributed by atoms with Crippen molar-refractivity contribution in [3.8, 4) is 0 Å². The SMILES string of the molecule is Fc1c[c-]c2c(ccc3cncnc32)n1.Fc1cc2ncc[c-]c2c2ncccc12.Fc1n[c-]c2c(ccc3cccnc32)n1.[2H]c1c[c-]c2c(ccc3cccnc32)n1.[2H]c1cnc2c(ccc3ncn[c-]c32)c1.[2H]c1ncc2ccc3ncc[c-]c3c2n1.[Ir].[Ir].[Ir].[Ir].[Ir].[Ir]. The molecule has 0 saturated carbocycles. The summed E-state index contributed by atoms with van der Waals surface area (Å²) in [5.74, 6) is -0.825. The molecule has 0 N–H and O–H groups in total. The van der Waals surface area contributed by atoms with Gasteiger partial charge in [0.1, 0.15) is 25.8 Å². The fourth-order valence-corrected chi connectivity index (χ4v) is 9.34. The van der Waals surface area contributed by atoms with Gasteiger partial charge >= 0.3 is 0 Å². The zero-order valence-electron chi connectivity index (χ0n) is 49.8. The van der Waals surface area contributed by atoms with Crippen molar-refractivity contribution < 1.29 is 138 Å². The smallest absolute Gasteiger partial charge is 0.220 e. The number of aromatic nitrogens is 16. The Bertz CT molecular complexity index is 5280. The van der Waals surface area contributed by atoms with Crippen molar-refractivity contribution in [3.63, 3.8) is 0 Å². The number of halogens is 3. The van der Waals surface area contributed by atoms with Crippen LogP contribution in [0.2, 0.25) is 0 Å². The number of fused-ring (bicyclic) bond motifs is 18. The Kier molecular flexibility index (Phi) is 24.7. The van der Waals surface area contributed by atoms with Gasteiger partial charge in [0.2, 0.25) is 6.08 Å². The van der Waals surface area contributed by atoms with Gasteiger partial charge in [0.05, 0.1) is 1.37 Å². The summed E-state index contributed by atoms with van der Waals surface area (Å²) in [6, 6.07) is 51.5. The van der Waals surface area contributed by atoms with Gasteiger partial charge in [-0.2, -0.15) is 0 Å². The minimum absolute atomic E-state index is 0. The van der Waals surface area contributed by atoms with Crippen molar-refractivity contribution in [2.24, 2.45) is 0 Å². The van der Waals surface area contributed by atoms with E-state index in [1.165, 1.54) is 31.0 Å². The van der Waals surface area contributed by atoms with Crippen LogP contribution in [0.15, 0.2) is 214 Å². The van der Waals surface area contributed by atoms with Gasteiger partial charge in [-0.15, -0.1) is 42.5 Å². The van der Waals surface area contributed by atoms with Crippen LogP contribution >= 0.6 is 0 Å². The molecule has 18 rings (SSSR count). The molecule has 16 nitrogen and oxygen atoms in total. The Morgan fingerprint density at radius 1 is 0.376 bits per heavy atom. The van der Waals surface area contributed by atoms with Crippen LogP contribution in [-0.4, -0.2) is 79.7 Å². The van der Waals surface area contributed by atoms with Gasteiger partial charge in [-0.1, -0.05) is 142 Å². The predicted octanol–water partition coefficient (Wildman–Crippen LogP) is 13.5. The quantitative estimate of drug-likeness (QED) is 0.0599. The summed E-state index contributed by atoms with van der Waals surface area (Å²) in [7, 11) is 0. The van der Waals surface area contributed by atoms with E-state index in [1.807, 2.05) is 72.8 Å². The summed E-state index contributed by atoms with van der Waals surface area (Å²) in [6.07, 6.45) is 21.1. The second kappa shape index (κ2) is 34.0. The van der Waals surface area contributed by atoms with Crippen LogP contribution in [0.4, 0.5) is 13.2 Å². The van der Waals surface area contributed by atoms with Gasteiger partial charge in [-0.05, 0) is 125 Å². The summed E-state index contributed by atoms with van der Waals surface area (Å²) in [4.78, 5) is 64.1. The molecule has 25 heteroatoms. The molecule has 468 valence electrons. The topological polar surface area (TPSA) is 206 Å². The van der Waals surface area contributed by atoms with E-state index in [1.54, 1.807) is 91.9 Å². The van der Waals surface area contributed by atoms with Gasteiger partial charge in [-0.25, -0.2) is 23.1 Å². The first-order chi connectivity index (χ1) is 44.1. The van der Waals surface area contributed by atoms with E-state index in [0.29, 0.717) is 38.9 Å². The van der Waals surface area contributed by atoms with Gasteiger partial charge < -0.3 is 59.8 Å². The third-order valence-electron chi connectivity index (χ3n) is 13.2. The maximum atomic E-state index is 13.6. The maximum Gasteiger partial charge on any atom is 0.220 e. The Morgan fingerprint density at radius 2 is 0.892 bits per heavy atom. The number of hydrogen-bond acceptors (Lipinski definition) is 16. The van der Waals surface area contributed by atoms with Crippen molar-refractivity contribution >= 4 is 131 Å². The summed E-state index contributed by atoms with van der Waals surface area (Å²) >= 11 is 0. The fraction of sp³-hybridized carbons (Fsp3) is 0. The monoisotopic (exact) mass is 2290 g/mol. The summed E-state index contributed by atoms with van der Waals surface area (Å²) in [6.45, 7) is 0. The molecule has 6 radical (unpaired) electrons. The van der Waals surface area contributed by atoms with Crippen LogP contribution in [-0.2, 0) is 121 Å². The summed E-state index contributed by atoms with van der Waals surface area (Å²) in [5, 5.41) is 9.91. The molecule has 0 aliphatic carbocycles. The normalized spacial score (nSPS) is 10.7. The zero-order valence-corrected chi connectivity index (χ0v) is 61.1. The van der Waals surface area contributed by atoms with Crippen LogP contribution in [0.25, 0.3) is 131 Å². The molecule has 0 spiro atoms. The molecule has 0 aliphatic heterocycles. The van der Waals surface area contributed by atoms with E-state index in [2.05, 4.69) is 116 Å². The first kappa shape index (κ1) is 67.5. The molecular formula is C68H35F3Ir6N16-6. The van der Waals surface area contributed by atoms with E-state index in [0.717, 1.165) is 98.0 Å². The van der Waals surface area contributed by atoms with E-state index >= 15 is 0 Å². The zero-order chi connectivity index (χ0) is 61.5. The molecule has 93 heavy (non-hydrogen) atoms. The number of benzene rings is 6. The number of rotatable bonds is 0. The van der Waals surface area contributed by atoms with Crippen LogP contribution in [0, 0.1) is 54.5 Å². The van der Waals surface area contributed by atoms with Gasteiger partial charge in [-0.3, -0.25) is 9.97 Å². The number of hydrogen-bond donors (Lipinski definition) is 0. The standard InChI is InChI=1S/C12H6FN2.C12H7N2.2C11H5FN3.2C11H6N3.6Ir/c13-10-7-11-9(4-2-5-14-11)12-8(10)3-1-6-15-12;1-3-9-5-6-11-10(4-2-7-13-11)12(9)14-8-1;12-10-4-2-8-9(15-10)3-1-7-5-13-6-14-11(7)8;12-11-14-6-8-9(15-11)4-3-7-2-1-5-13-10(7)8;1-2-9-10(13-5-1)4-3-8-6-12-7-14-11(8)9;1-2-8-3-4-10-9(6-12-7-14-10)11(8)13-5-1;;;;;;/h1-3,5-7H;1-3,5-8H;1,3-6H;1-5H;1,3-7H;1-5,7H;;;;;;/q6*-1;;;;;;/i;7D;;;7D;1D;;;;;;. The Morgan fingerprint density at radius 3 is 1.60 bits per heavy atom. The molecule has 12 heterocycles. The molecule has 0 unspecified atom stereocenters. The average Bonchev–Trinajstić information content (AvgIpc) is 0.890. The van der Waals surface area contributed by atoms with Crippen molar-refractivity contribution in [2.75, 3.05) is 0 Å². The third-order valence-corrected chi connectivity index (χ3v) is 13.2. The number of pyridine rings is 8. The predicted molar refractivity (Wildman–Crippen MR) is 326 cm³/mol. The van der Waals surface area contributed by atoms with E-state index in [4.69, 9.17) is 4.11 Å². The van der Waals surface area contributed by atoms with E-state index < -0.39 is 12.0 Å². The summed E-state index contributed by atoms with van der Waals surface area (Å²) < 4.78 is 61.5. The van der Waals surface area contributed by atoms with Crippen LogP contribution in [0.3, 0.4) is 0 Å². The molecule has 0 saturated heterocycles. The maximum absolute atomic E-state index is 13.6. The molecule has 12 aromatic heterocycles. The fourth-order valence-electron chi connectivity index (χ4n) is 9.34. The second-order valence-electron chi connectivity index (χ2n) is 18.5. The molecule has 0 atom stereocenters. The molecular weight excluding hydrogens is 2250 g/mol. The Labute approximate surface area is 611 Å². The third kappa shape index (κ3) is 16.4. The van der Waals surface area contributed by atoms with E-state index in [9.17, 15) is 13.2 Å². The Hall–Kier alpha value is -8.35. The molecule has 0 amide bonds. The van der Waals surface area contributed by atoms with Crippen molar-refractivity contribution in [1.29, 1.82) is 0 Å². The number of nitrogens with zero attached hydrogens (tertiary/aromatic N) is 16. The molecule has 18 aromatic rings. The van der Waals surface area contributed by atoms with Crippen LogP contribution in [0.1, 0.15) is 4.11 Å². The summed E-state index contributed by atoms with van der Waals surface area (Å²) in [5.41, 5.74) is 8.62. The van der Waals surface area contributed by atoms with Gasteiger partial charge in [0.15, 0.2) is 0 Å². The van der Waals surface area contributed by atoms with Gasteiger partial charge in [0, 0.05) is 182 Å².